The number of carbonyl (C=O) groups excluding carboxylic acids is 1. The number of amides is 1. The van der Waals surface area contributed by atoms with E-state index in [1.807, 2.05) is 41.1 Å². The molecule has 0 saturated carbocycles. The van der Waals surface area contributed by atoms with Crippen LogP contribution < -0.4 is 5.32 Å². The molecule has 0 atom stereocenters. The summed E-state index contributed by atoms with van der Waals surface area (Å²) in [6.07, 6.45) is 6.97. The molecule has 110 valence electrons. The average Bonchev–Trinajstić information content (AvgIpc) is 3.08. The van der Waals surface area contributed by atoms with Crippen LogP contribution in [0.3, 0.4) is 0 Å². The Bertz CT molecular complexity index is 769. The van der Waals surface area contributed by atoms with E-state index in [-0.39, 0.29) is 5.91 Å². The summed E-state index contributed by atoms with van der Waals surface area (Å²) in [7, 11) is 0. The lowest BCUT2D eigenvalue weighted by Crippen LogP contribution is -2.23. The van der Waals surface area contributed by atoms with E-state index in [9.17, 15) is 4.79 Å². The first-order valence-electron chi connectivity index (χ1n) is 6.70. The molecular weight excluding hydrogens is 344 g/mol. The standard InChI is InChI=1S/C16H13BrN4O/c17-14-4-2-1-3-13(14)16(22)20-10-12-5-6-15(19-9-12)21-8-7-18-11-21/h1-9,11H,10H2,(H,20,22). The fourth-order valence-electron chi connectivity index (χ4n) is 1.99. The molecule has 6 heteroatoms. The zero-order chi connectivity index (χ0) is 15.4. The second-order valence-electron chi connectivity index (χ2n) is 4.66. The third-order valence-corrected chi connectivity index (χ3v) is 3.84. The first-order chi connectivity index (χ1) is 10.7. The fourth-order valence-corrected chi connectivity index (χ4v) is 2.46. The van der Waals surface area contributed by atoms with Crippen LogP contribution in [0.2, 0.25) is 0 Å². The number of aromatic nitrogens is 3. The zero-order valence-electron chi connectivity index (χ0n) is 11.6. The molecule has 0 saturated heterocycles. The molecule has 0 bridgehead atoms. The van der Waals surface area contributed by atoms with Gasteiger partial charge in [-0.25, -0.2) is 9.97 Å². The molecule has 0 fully saturated rings. The number of nitrogens with one attached hydrogen (secondary N) is 1. The number of pyridine rings is 1. The summed E-state index contributed by atoms with van der Waals surface area (Å²) in [4.78, 5) is 20.5. The van der Waals surface area contributed by atoms with E-state index < -0.39 is 0 Å². The van der Waals surface area contributed by atoms with E-state index in [4.69, 9.17) is 0 Å². The van der Waals surface area contributed by atoms with Crippen LogP contribution in [0.15, 0.2) is 65.8 Å². The molecule has 1 aromatic carbocycles. The van der Waals surface area contributed by atoms with Crippen LogP contribution in [0, 0.1) is 0 Å². The van der Waals surface area contributed by atoms with E-state index in [0.717, 1.165) is 15.9 Å². The lowest BCUT2D eigenvalue weighted by molar-refractivity contribution is 0.0950. The number of hydrogen-bond acceptors (Lipinski definition) is 3. The van der Waals surface area contributed by atoms with E-state index in [2.05, 4.69) is 31.2 Å². The molecule has 0 aliphatic heterocycles. The van der Waals surface area contributed by atoms with Gasteiger partial charge in [0.1, 0.15) is 12.1 Å². The van der Waals surface area contributed by atoms with E-state index in [0.29, 0.717) is 12.1 Å². The normalized spacial score (nSPS) is 10.4. The third kappa shape index (κ3) is 3.23. The predicted molar refractivity (Wildman–Crippen MR) is 86.7 cm³/mol. The topological polar surface area (TPSA) is 59.8 Å². The number of imidazole rings is 1. The highest BCUT2D eigenvalue weighted by Gasteiger charge is 2.08. The van der Waals surface area contributed by atoms with Crippen molar-refractivity contribution in [2.75, 3.05) is 0 Å². The van der Waals surface area contributed by atoms with Crippen LogP contribution in [-0.2, 0) is 6.54 Å². The number of rotatable bonds is 4. The molecule has 1 N–H and O–H groups in total. The SMILES string of the molecule is O=C(NCc1ccc(-n2ccnc2)nc1)c1ccccc1Br. The fraction of sp³-hybridized carbons (Fsp3) is 0.0625. The molecule has 5 nitrogen and oxygen atoms in total. The molecule has 22 heavy (non-hydrogen) atoms. The van der Waals surface area contributed by atoms with Gasteiger partial charge in [0.2, 0.25) is 0 Å². The molecule has 0 aliphatic rings. The minimum Gasteiger partial charge on any atom is -0.348 e. The smallest absolute Gasteiger partial charge is 0.252 e. The maximum atomic E-state index is 12.1. The Kier molecular flexibility index (Phi) is 4.29. The van der Waals surface area contributed by atoms with Gasteiger partial charge in [0.25, 0.3) is 5.91 Å². The number of hydrogen-bond donors (Lipinski definition) is 1. The third-order valence-electron chi connectivity index (χ3n) is 3.15. The van der Waals surface area contributed by atoms with E-state index in [1.165, 1.54) is 0 Å². The van der Waals surface area contributed by atoms with Gasteiger partial charge in [-0.05, 0) is 39.7 Å². The first-order valence-corrected chi connectivity index (χ1v) is 7.49. The summed E-state index contributed by atoms with van der Waals surface area (Å²) in [5, 5.41) is 2.88. The van der Waals surface area contributed by atoms with Gasteiger partial charge >= 0.3 is 0 Å². The molecule has 0 unspecified atom stereocenters. The quantitative estimate of drug-likeness (QED) is 0.781. The molecule has 2 aromatic heterocycles. The van der Waals surface area contributed by atoms with Crippen molar-refractivity contribution in [3.8, 4) is 5.82 Å². The number of nitrogens with zero attached hydrogens (tertiary/aromatic N) is 3. The summed E-state index contributed by atoms with van der Waals surface area (Å²) in [6.45, 7) is 0.428. The van der Waals surface area contributed by atoms with Gasteiger partial charge in [-0.3, -0.25) is 9.36 Å². The molecule has 1 amide bonds. The van der Waals surface area contributed by atoms with Crippen LogP contribution in [0.1, 0.15) is 15.9 Å². The van der Waals surface area contributed by atoms with Gasteiger partial charge in [0.15, 0.2) is 0 Å². The van der Waals surface area contributed by atoms with Crippen molar-refractivity contribution in [2.45, 2.75) is 6.54 Å². The van der Waals surface area contributed by atoms with Crippen molar-refractivity contribution in [1.29, 1.82) is 0 Å². The second-order valence-corrected chi connectivity index (χ2v) is 5.51. The highest BCUT2D eigenvalue weighted by atomic mass is 79.9. The van der Waals surface area contributed by atoms with Crippen molar-refractivity contribution in [3.63, 3.8) is 0 Å². The van der Waals surface area contributed by atoms with Gasteiger partial charge in [-0.15, -0.1) is 0 Å². The zero-order valence-corrected chi connectivity index (χ0v) is 13.2. The minimum absolute atomic E-state index is 0.119. The number of benzene rings is 1. The van der Waals surface area contributed by atoms with E-state index >= 15 is 0 Å². The summed E-state index contributed by atoms with van der Waals surface area (Å²) < 4.78 is 2.60. The second kappa shape index (κ2) is 6.53. The van der Waals surface area contributed by atoms with Crippen LogP contribution in [0.25, 0.3) is 5.82 Å². The largest absolute Gasteiger partial charge is 0.348 e. The Morgan fingerprint density at radius 1 is 1.23 bits per heavy atom. The Labute approximate surface area is 136 Å². The summed E-state index contributed by atoms with van der Waals surface area (Å²) >= 11 is 3.37. The maximum absolute atomic E-state index is 12.1. The molecule has 0 aliphatic carbocycles. The Hall–Kier alpha value is -2.47. The predicted octanol–water partition coefficient (Wildman–Crippen LogP) is 2.96. The average molecular weight is 357 g/mol. The van der Waals surface area contributed by atoms with Crippen molar-refractivity contribution >= 4 is 21.8 Å². The van der Waals surface area contributed by atoms with Gasteiger partial charge in [-0.1, -0.05) is 18.2 Å². The molecule has 0 radical (unpaired) electrons. The molecule has 2 heterocycles. The number of carbonyl (C=O) groups is 1. The number of halogens is 1. The Morgan fingerprint density at radius 3 is 2.77 bits per heavy atom. The van der Waals surface area contributed by atoms with Crippen LogP contribution in [0.5, 0.6) is 0 Å². The highest BCUT2D eigenvalue weighted by Crippen LogP contribution is 2.15. The van der Waals surface area contributed by atoms with Crippen molar-refractivity contribution in [1.82, 2.24) is 19.9 Å². The van der Waals surface area contributed by atoms with E-state index in [1.54, 1.807) is 24.8 Å². The minimum atomic E-state index is -0.119. The van der Waals surface area contributed by atoms with Crippen molar-refractivity contribution in [2.24, 2.45) is 0 Å². The Morgan fingerprint density at radius 2 is 2.09 bits per heavy atom. The molecular formula is C16H13BrN4O. The van der Waals surface area contributed by atoms with Crippen molar-refractivity contribution < 1.29 is 4.79 Å². The lowest BCUT2D eigenvalue weighted by atomic mass is 10.2. The van der Waals surface area contributed by atoms with Gasteiger partial charge in [0, 0.05) is 29.6 Å². The molecule has 3 aromatic rings. The van der Waals surface area contributed by atoms with Crippen molar-refractivity contribution in [3.05, 3.63) is 76.9 Å². The Balaban J connectivity index is 1.64. The highest BCUT2D eigenvalue weighted by molar-refractivity contribution is 9.10. The van der Waals surface area contributed by atoms with Gasteiger partial charge in [-0.2, -0.15) is 0 Å². The molecule has 3 rings (SSSR count). The summed E-state index contributed by atoms with van der Waals surface area (Å²) in [5.74, 6) is 0.671. The van der Waals surface area contributed by atoms with Crippen LogP contribution in [-0.4, -0.2) is 20.4 Å². The van der Waals surface area contributed by atoms with Gasteiger partial charge < -0.3 is 5.32 Å². The molecule has 0 spiro atoms. The maximum Gasteiger partial charge on any atom is 0.252 e. The monoisotopic (exact) mass is 356 g/mol. The summed E-state index contributed by atoms with van der Waals surface area (Å²) in [5.41, 5.74) is 1.55. The van der Waals surface area contributed by atoms with Crippen LogP contribution in [0.4, 0.5) is 0 Å². The van der Waals surface area contributed by atoms with Gasteiger partial charge in [0.05, 0.1) is 5.56 Å². The lowest BCUT2D eigenvalue weighted by Gasteiger charge is -2.07. The van der Waals surface area contributed by atoms with Crippen LogP contribution >= 0.6 is 15.9 Å². The summed E-state index contributed by atoms with van der Waals surface area (Å²) in [6, 6.07) is 11.2. The first kappa shape index (κ1) is 14.5.